The summed E-state index contributed by atoms with van der Waals surface area (Å²) >= 11 is 8.97. The summed E-state index contributed by atoms with van der Waals surface area (Å²) < 4.78 is 5.82. The molecule has 0 aromatic heterocycles. The van der Waals surface area contributed by atoms with Crippen LogP contribution in [0.2, 0.25) is 0 Å². The van der Waals surface area contributed by atoms with E-state index < -0.39 is 0 Å². The zero-order valence-corrected chi connectivity index (χ0v) is 15.7. The van der Waals surface area contributed by atoms with Crippen LogP contribution in [0.1, 0.15) is 65.7 Å². The van der Waals surface area contributed by atoms with E-state index in [1.54, 1.807) is 0 Å². The van der Waals surface area contributed by atoms with Gasteiger partial charge >= 0.3 is 0 Å². The number of thiocarbonyl (C=S) groups is 1. The van der Waals surface area contributed by atoms with Crippen molar-refractivity contribution < 1.29 is 4.74 Å². The normalized spacial score (nSPS) is 14.6. The van der Waals surface area contributed by atoms with Gasteiger partial charge in [0, 0.05) is 12.0 Å². The van der Waals surface area contributed by atoms with E-state index >= 15 is 0 Å². The van der Waals surface area contributed by atoms with Gasteiger partial charge in [-0.05, 0) is 38.7 Å². The van der Waals surface area contributed by atoms with Crippen molar-refractivity contribution in [1.82, 2.24) is 4.90 Å². The Morgan fingerprint density at radius 3 is 2.15 bits per heavy atom. The summed E-state index contributed by atoms with van der Waals surface area (Å²) in [6.07, 6.45) is 8.56. The van der Waals surface area contributed by atoms with Crippen LogP contribution in [0, 0.1) is 5.92 Å². The molecule has 0 spiro atoms. The Morgan fingerprint density at radius 1 is 1.15 bits per heavy atom. The van der Waals surface area contributed by atoms with E-state index in [0.717, 1.165) is 6.42 Å². The summed E-state index contributed by atoms with van der Waals surface area (Å²) in [4.78, 5) is 2.42. The Kier molecular flexibility index (Phi) is 11.0. The Labute approximate surface area is 137 Å². The van der Waals surface area contributed by atoms with Gasteiger partial charge in [-0.1, -0.05) is 65.5 Å². The maximum absolute atomic E-state index is 5.46. The fourth-order valence-electron chi connectivity index (χ4n) is 3.39. The smallest absolute Gasteiger partial charge is 0.216 e. The highest BCUT2D eigenvalue weighted by Gasteiger charge is 2.38. The molecule has 20 heavy (non-hydrogen) atoms. The molecule has 0 fully saturated rings. The molecule has 0 aliphatic rings. The molecule has 0 saturated heterocycles. The van der Waals surface area contributed by atoms with Gasteiger partial charge in [0.1, 0.15) is 0 Å². The van der Waals surface area contributed by atoms with E-state index in [4.69, 9.17) is 17.0 Å². The van der Waals surface area contributed by atoms with Crippen LogP contribution in [-0.2, 0) is 4.74 Å². The third-order valence-electron chi connectivity index (χ3n) is 4.61. The van der Waals surface area contributed by atoms with Crippen LogP contribution in [0.5, 0.6) is 0 Å². The quantitative estimate of drug-likeness (QED) is 0.330. The lowest BCUT2D eigenvalue weighted by atomic mass is 9.73. The van der Waals surface area contributed by atoms with Crippen LogP contribution >= 0.6 is 24.8 Å². The number of thiol groups is 1. The molecule has 0 bridgehead atoms. The second-order valence-electron chi connectivity index (χ2n) is 5.83. The van der Waals surface area contributed by atoms with Crippen molar-refractivity contribution in [3.63, 3.8) is 0 Å². The van der Waals surface area contributed by atoms with Gasteiger partial charge in [-0.15, -0.1) is 0 Å². The second kappa shape index (κ2) is 10.9. The first kappa shape index (κ1) is 20.2. The molecule has 0 heterocycles. The van der Waals surface area contributed by atoms with Crippen LogP contribution in [0.15, 0.2) is 0 Å². The van der Waals surface area contributed by atoms with E-state index in [-0.39, 0.29) is 5.54 Å². The molecule has 4 heteroatoms. The highest BCUT2D eigenvalue weighted by molar-refractivity contribution is 8.10. The van der Waals surface area contributed by atoms with Crippen LogP contribution in [-0.4, -0.2) is 35.5 Å². The Morgan fingerprint density at radius 2 is 1.75 bits per heavy atom. The SMILES string of the molecule is CCCCCC(CCOC(=S)S)(C(CC)CC)N(C)C. The lowest BCUT2D eigenvalue weighted by Gasteiger charge is -2.46. The van der Waals surface area contributed by atoms with Gasteiger partial charge in [-0.2, -0.15) is 0 Å². The number of unbranched alkanes of at least 4 members (excludes halogenated alkanes) is 2. The molecular formula is C16H33NOS2. The van der Waals surface area contributed by atoms with Crippen molar-refractivity contribution in [2.24, 2.45) is 5.92 Å². The van der Waals surface area contributed by atoms with E-state index in [2.05, 4.69) is 52.4 Å². The van der Waals surface area contributed by atoms with Gasteiger partial charge in [0.05, 0.1) is 6.61 Å². The third kappa shape index (κ3) is 6.31. The molecule has 0 N–H and O–H groups in total. The zero-order valence-electron chi connectivity index (χ0n) is 13.9. The Bertz CT molecular complexity index is 267. The number of hydrogen-bond donors (Lipinski definition) is 1. The fraction of sp³-hybridized carbons (Fsp3) is 0.938. The van der Waals surface area contributed by atoms with Gasteiger partial charge in [0.15, 0.2) is 0 Å². The van der Waals surface area contributed by atoms with E-state index in [1.807, 2.05) is 0 Å². The molecule has 1 atom stereocenters. The molecule has 0 aromatic carbocycles. The molecule has 0 aliphatic carbocycles. The van der Waals surface area contributed by atoms with Crippen molar-refractivity contribution in [2.75, 3.05) is 20.7 Å². The molecule has 0 radical (unpaired) electrons. The predicted octanol–water partition coefficient (Wildman–Crippen LogP) is 4.92. The number of hydrogen-bond acceptors (Lipinski definition) is 3. The highest BCUT2D eigenvalue weighted by Crippen LogP contribution is 2.37. The second-order valence-corrected chi connectivity index (χ2v) is 6.91. The summed E-state index contributed by atoms with van der Waals surface area (Å²) in [6.45, 7) is 7.53. The van der Waals surface area contributed by atoms with Crippen molar-refractivity contribution in [3.8, 4) is 0 Å². The van der Waals surface area contributed by atoms with Gasteiger partial charge in [0.25, 0.3) is 0 Å². The van der Waals surface area contributed by atoms with Crippen LogP contribution in [0.4, 0.5) is 0 Å². The van der Waals surface area contributed by atoms with Gasteiger partial charge in [-0.25, -0.2) is 0 Å². The van der Waals surface area contributed by atoms with E-state index in [9.17, 15) is 0 Å². The standard InChI is InChI=1S/C16H33NOS2/c1-6-9-10-11-16(17(4)5,14(7-2)8-3)12-13-18-15(19)20/h14H,6-13H2,1-5H3,(H,19,20). The first-order valence-corrected chi connectivity index (χ1v) is 8.83. The van der Waals surface area contributed by atoms with Crippen molar-refractivity contribution in [1.29, 1.82) is 0 Å². The molecule has 120 valence electrons. The maximum Gasteiger partial charge on any atom is 0.216 e. The van der Waals surface area contributed by atoms with Crippen LogP contribution in [0.25, 0.3) is 0 Å². The Balaban J connectivity index is 4.95. The molecule has 2 nitrogen and oxygen atoms in total. The number of rotatable bonds is 11. The molecular weight excluding hydrogens is 286 g/mol. The minimum Gasteiger partial charge on any atom is -0.479 e. The number of ether oxygens (including phenoxy) is 1. The third-order valence-corrected chi connectivity index (χ3v) is 4.86. The first-order chi connectivity index (χ1) is 9.44. The molecule has 0 aliphatic heterocycles. The summed E-state index contributed by atoms with van der Waals surface area (Å²) in [7, 11) is 4.42. The molecule has 0 saturated carbocycles. The topological polar surface area (TPSA) is 12.5 Å². The lowest BCUT2D eigenvalue weighted by Crippen LogP contribution is -2.51. The molecule has 0 amide bonds. The van der Waals surface area contributed by atoms with E-state index in [0.29, 0.717) is 16.9 Å². The maximum atomic E-state index is 5.46. The first-order valence-electron chi connectivity index (χ1n) is 7.97. The van der Waals surface area contributed by atoms with Gasteiger partial charge in [0.2, 0.25) is 4.38 Å². The average molecular weight is 320 g/mol. The summed E-state index contributed by atoms with van der Waals surface area (Å²) in [6, 6.07) is 0. The largest absolute Gasteiger partial charge is 0.479 e. The minimum absolute atomic E-state index is 0.219. The summed E-state index contributed by atoms with van der Waals surface area (Å²) in [5, 5.41) is 0. The predicted molar refractivity (Wildman–Crippen MR) is 96.8 cm³/mol. The van der Waals surface area contributed by atoms with Crippen molar-refractivity contribution >= 4 is 29.2 Å². The van der Waals surface area contributed by atoms with Gasteiger partial charge in [-0.3, -0.25) is 0 Å². The highest BCUT2D eigenvalue weighted by atomic mass is 32.1. The molecule has 1 unspecified atom stereocenters. The Hall–Kier alpha value is 0.200. The summed E-state index contributed by atoms with van der Waals surface area (Å²) in [5.74, 6) is 0.700. The zero-order chi connectivity index (χ0) is 15.6. The lowest BCUT2D eigenvalue weighted by molar-refractivity contribution is 0.0358. The van der Waals surface area contributed by atoms with Crippen molar-refractivity contribution in [2.45, 2.75) is 71.3 Å². The van der Waals surface area contributed by atoms with Crippen LogP contribution in [0.3, 0.4) is 0 Å². The molecule has 0 rings (SSSR count). The number of nitrogens with zero attached hydrogens (tertiary/aromatic N) is 1. The molecule has 0 aromatic rings. The average Bonchev–Trinajstić information content (AvgIpc) is 2.38. The summed E-state index contributed by atoms with van der Waals surface area (Å²) in [5.41, 5.74) is 0.219. The van der Waals surface area contributed by atoms with E-state index in [1.165, 1.54) is 38.5 Å². The van der Waals surface area contributed by atoms with Gasteiger partial charge < -0.3 is 9.64 Å². The van der Waals surface area contributed by atoms with Crippen LogP contribution < -0.4 is 0 Å². The fourth-order valence-corrected chi connectivity index (χ4v) is 3.57. The monoisotopic (exact) mass is 319 g/mol. The van der Waals surface area contributed by atoms with Crippen molar-refractivity contribution in [3.05, 3.63) is 0 Å². The minimum atomic E-state index is 0.219.